The average molecular weight is 343 g/mol. The van der Waals surface area contributed by atoms with Gasteiger partial charge in [-0.3, -0.25) is 4.79 Å². The first-order valence-electron chi connectivity index (χ1n) is 6.74. The van der Waals surface area contributed by atoms with Gasteiger partial charge in [0, 0.05) is 10.0 Å². The molecule has 0 aromatic heterocycles. The molecule has 1 heterocycles. The van der Waals surface area contributed by atoms with E-state index in [1.54, 1.807) is 0 Å². The zero-order valence-electron chi connectivity index (χ0n) is 12.1. The Morgan fingerprint density at radius 2 is 1.81 bits per heavy atom. The van der Waals surface area contributed by atoms with Gasteiger partial charge in [-0.25, -0.2) is 4.99 Å². The summed E-state index contributed by atoms with van der Waals surface area (Å²) in [7, 11) is 0. The molecule has 4 heteroatoms. The number of hydrogen-bond acceptors (Lipinski definition) is 2. The molecule has 0 atom stereocenters. The van der Waals surface area contributed by atoms with E-state index in [9.17, 15) is 4.79 Å². The van der Waals surface area contributed by atoms with Gasteiger partial charge in [-0.2, -0.15) is 0 Å². The number of carbonyl (C=O) groups excluding carboxylic acids is 1. The predicted molar refractivity (Wildman–Crippen MR) is 89.6 cm³/mol. The molecular weight excluding hydrogens is 328 g/mol. The van der Waals surface area contributed by atoms with Gasteiger partial charge in [0.1, 0.15) is 5.71 Å². The van der Waals surface area contributed by atoms with Crippen molar-refractivity contribution in [3.63, 3.8) is 0 Å². The summed E-state index contributed by atoms with van der Waals surface area (Å²) in [6.07, 6.45) is 0. The summed E-state index contributed by atoms with van der Waals surface area (Å²) in [5.41, 5.74) is 6.34. The van der Waals surface area contributed by atoms with Gasteiger partial charge in [0.05, 0.1) is 11.4 Å². The molecule has 1 N–H and O–H groups in total. The molecule has 0 bridgehead atoms. The van der Waals surface area contributed by atoms with Crippen molar-refractivity contribution in [2.45, 2.75) is 20.8 Å². The molecule has 1 amide bonds. The van der Waals surface area contributed by atoms with Gasteiger partial charge in [0.15, 0.2) is 0 Å². The van der Waals surface area contributed by atoms with E-state index in [-0.39, 0.29) is 5.91 Å². The van der Waals surface area contributed by atoms with Gasteiger partial charge in [-0.05, 0) is 56.2 Å². The number of rotatable bonds is 1. The third kappa shape index (κ3) is 2.40. The highest BCUT2D eigenvalue weighted by molar-refractivity contribution is 9.10. The number of nitrogens with one attached hydrogen (secondary N) is 1. The molecule has 3 nitrogen and oxygen atoms in total. The van der Waals surface area contributed by atoms with Gasteiger partial charge in [-0.15, -0.1) is 0 Å². The van der Waals surface area contributed by atoms with Crippen molar-refractivity contribution in [2.24, 2.45) is 4.99 Å². The molecule has 0 unspecified atom stereocenters. The molecule has 0 spiro atoms. The molecule has 106 valence electrons. The van der Waals surface area contributed by atoms with Crippen LogP contribution in [0.1, 0.15) is 22.3 Å². The van der Waals surface area contributed by atoms with Gasteiger partial charge in [-0.1, -0.05) is 27.6 Å². The second-order valence-electron chi connectivity index (χ2n) is 5.28. The monoisotopic (exact) mass is 342 g/mol. The summed E-state index contributed by atoms with van der Waals surface area (Å²) in [6, 6.07) is 9.79. The first kappa shape index (κ1) is 14.0. The minimum Gasteiger partial charge on any atom is -0.320 e. The molecule has 1 aliphatic heterocycles. The van der Waals surface area contributed by atoms with Crippen molar-refractivity contribution in [1.82, 2.24) is 0 Å². The Morgan fingerprint density at radius 1 is 1.05 bits per heavy atom. The smallest absolute Gasteiger partial charge is 0.275 e. The van der Waals surface area contributed by atoms with Crippen LogP contribution in [0.4, 0.5) is 11.4 Å². The van der Waals surface area contributed by atoms with Gasteiger partial charge in [0.2, 0.25) is 0 Å². The molecule has 2 aromatic rings. The molecule has 0 fully saturated rings. The molecule has 0 aliphatic carbocycles. The lowest BCUT2D eigenvalue weighted by atomic mass is 10.1. The standard InChI is InChI=1S/C17H15BrN2O/c1-9-4-6-15-12(8-9)16(17(21)20-15)19-14-7-5-13(18)10(2)11(14)3/h4-8H,1-3H3,(H,19,20,21). The highest BCUT2D eigenvalue weighted by atomic mass is 79.9. The number of halogens is 1. The molecular formula is C17H15BrN2O. The van der Waals surface area contributed by atoms with Gasteiger partial charge < -0.3 is 5.32 Å². The van der Waals surface area contributed by atoms with Crippen LogP contribution in [0.5, 0.6) is 0 Å². The highest BCUT2D eigenvalue weighted by Crippen LogP contribution is 2.31. The third-order valence-corrected chi connectivity index (χ3v) is 4.68. The van der Waals surface area contributed by atoms with Crippen LogP contribution in [0.3, 0.4) is 0 Å². The second kappa shape index (κ2) is 5.11. The van der Waals surface area contributed by atoms with Crippen molar-refractivity contribution >= 4 is 38.9 Å². The Hall–Kier alpha value is -1.94. The SMILES string of the molecule is Cc1ccc2c(c1)C(=Nc1ccc(Br)c(C)c1C)C(=O)N2. The molecule has 21 heavy (non-hydrogen) atoms. The fourth-order valence-corrected chi connectivity index (χ4v) is 2.82. The number of anilines is 1. The Bertz CT molecular complexity index is 794. The van der Waals surface area contributed by atoms with Crippen LogP contribution in [-0.4, -0.2) is 11.6 Å². The minimum absolute atomic E-state index is 0.143. The van der Waals surface area contributed by atoms with E-state index in [4.69, 9.17) is 0 Å². The van der Waals surface area contributed by atoms with Crippen LogP contribution < -0.4 is 5.32 Å². The first-order chi connectivity index (χ1) is 9.97. The maximum atomic E-state index is 12.2. The third-order valence-electron chi connectivity index (χ3n) is 3.82. The minimum atomic E-state index is -0.143. The van der Waals surface area contributed by atoms with Crippen LogP contribution in [0.2, 0.25) is 0 Å². The number of hydrogen-bond donors (Lipinski definition) is 1. The van der Waals surface area contributed by atoms with E-state index in [2.05, 4.69) is 26.2 Å². The zero-order chi connectivity index (χ0) is 15.1. The van der Waals surface area contributed by atoms with Crippen molar-refractivity contribution in [3.8, 4) is 0 Å². The first-order valence-corrected chi connectivity index (χ1v) is 7.53. The maximum absolute atomic E-state index is 12.2. The lowest BCUT2D eigenvalue weighted by Gasteiger charge is -2.07. The zero-order valence-corrected chi connectivity index (χ0v) is 13.7. The fourth-order valence-electron chi connectivity index (χ4n) is 2.39. The van der Waals surface area contributed by atoms with E-state index >= 15 is 0 Å². The van der Waals surface area contributed by atoms with Gasteiger partial charge in [0.25, 0.3) is 5.91 Å². The topological polar surface area (TPSA) is 41.5 Å². The fraction of sp³-hybridized carbons (Fsp3) is 0.176. The molecule has 0 radical (unpaired) electrons. The Labute approximate surface area is 132 Å². The predicted octanol–water partition coefficient (Wildman–Crippen LogP) is 4.45. The number of benzene rings is 2. The maximum Gasteiger partial charge on any atom is 0.275 e. The molecule has 0 saturated carbocycles. The van der Waals surface area contributed by atoms with E-state index in [1.165, 1.54) is 0 Å². The number of fused-ring (bicyclic) bond motifs is 1. The van der Waals surface area contributed by atoms with Crippen molar-refractivity contribution in [3.05, 3.63) is 57.1 Å². The number of nitrogens with zero attached hydrogens (tertiary/aromatic N) is 1. The second-order valence-corrected chi connectivity index (χ2v) is 6.13. The normalized spacial score (nSPS) is 15.2. The number of amides is 1. The van der Waals surface area contributed by atoms with E-state index < -0.39 is 0 Å². The Kier molecular flexibility index (Phi) is 3.41. The lowest BCUT2D eigenvalue weighted by Crippen LogP contribution is -2.14. The number of aryl methyl sites for hydroxylation is 1. The summed E-state index contributed by atoms with van der Waals surface area (Å²) >= 11 is 3.51. The molecule has 2 aromatic carbocycles. The number of aliphatic imine (C=N–C) groups is 1. The lowest BCUT2D eigenvalue weighted by molar-refractivity contribution is -0.110. The summed E-state index contributed by atoms with van der Waals surface area (Å²) in [6.45, 7) is 6.06. The summed E-state index contributed by atoms with van der Waals surface area (Å²) in [5, 5.41) is 2.86. The summed E-state index contributed by atoms with van der Waals surface area (Å²) in [4.78, 5) is 16.8. The quantitative estimate of drug-likeness (QED) is 0.817. The average Bonchev–Trinajstić information content (AvgIpc) is 2.75. The molecule has 0 saturated heterocycles. The largest absolute Gasteiger partial charge is 0.320 e. The van der Waals surface area contributed by atoms with Crippen LogP contribution in [0.25, 0.3) is 0 Å². The van der Waals surface area contributed by atoms with Crippen LogP contribution in [-0.2, 0) is 4.79 Å². The van der Waals surface area contributed by atoms with Crippen molar-refractivity contribution in [2.75, 3.05) is 5.32 Å². The van der Waals surface area contributed by atoms with Crippen LogP contribution in [0, 0.1) is 20.8 Å². The van der Waals surface area contributed by atoms with E-state index in [1.807, 2.05) is 51.1 Å². The van der Waals surface area contributed by atoms with Crippen molar-refractivity contribution in [1.29, 1.82) is 0 Å². The Morgan fingerprint density at radius 3 is 2.57 bits per heavy atom. The highest BCUT2D eigenvalue weighted by Gasteiger charge is 2.26. The summed E-state index contributed by atoms with van der Waals surface area (Å²) < 4.78 is 1.05. The van der Waals surface area contributed by atoms with Crippen LogP contribution >= 0.6 is 15.9 Å². The van der Waals surface area contributed by atoms with E-state index in [0.29, 0.717) is 5.71 Å². The van der Waals surface area contributed by atoms with Crippen LogP contribution in [0.15, 0.2) is 39.8 Å². The molecule has 3 rings (SSSR count). The summed E-state index contributed by atoms with van der Waals surface area (Å²) in [5.74, 6) is -0.143. The molecule has 1 aliphatic rings. The van der Waals surface area contributed by atoms with Gasteiger partial charge >= 0.3 is 0 Å². The van der Waals surface area contributed by atoms with Crippen molar-refractivity contribution < 1.29 is 4.79 Å². The Balaban J connectivity index is 2.15. The van der Waals surface area contributed by atoms with E-state index in [0.717, 1.165) is 38.1 Å². The number of carbonyl (C=O) groups is 1.